The second-order valence-electron chi connectivity index (χ2n) is 6.72. The van der Waals surface area contributed by atoms with E-state index in [9.17, 15) is 18.0 Å². The summed E-state index contributed by atoms with van der Waals surface area (Å²) >= 11 is 12.4. The Bertz CT molecular complexity index is 1120. The van der Waals surface area contributed by atoms with Crippen LogP contribution < -0.4 is 4.74 Å². The van der Waals surface area contributed by atoms with Gasteiger partial charge in [-0.1, -0.05) is 41.4 Å². The van der Waals surface area contributed by atoms with E-state index in [2.05, 4.69) is 4.98 Å². The predicted octanol–water partition coefficient (Wildman–Crippen LogP) is 6.64. The van der Waals surface area contributed by atoms with Gasteiger partial charge >= 0.3 is 12.1 Å². The Morgan fingerprint density at radius 3 is 2.52 bits per heavy atom. The van der Waals surface area contributed by atoms with Gasteiger partial charge in [0.15, 0.2) is 6.10 Å². The van der Waals surface area contributed by atoms with Crippen molar-refractivity contribution in [1.29, 1.82) is 0 Å². The third-order valence-electron chi connectivity index (χ3n) is 4.58. The van der Waals surface area contributed by atoms with Crippen molar-refractivity contribution in [3.63, 3.8) is 0 Å². The van der Waals surface area contributed by atoms with E-state index in [-0.39, 0.29) is 18.6 Å². The molecule has 0 amide bonds. The molecule has 1 unspecified atom stereocenters. The zero-order chi connectivity index (χ0) is 22.8. The minimum Gasteiger partial charge on any atom is -0.464 e. The highest BCUT2D eigenvalue weighted by molar-refractivity contribution is 6.31. The SMILES string of the molecule is CCOC(=O)c1c(OC(C)C(F)(F)F)nc2ccc(Cl)cc2c1Cc1ccccc1Cl. The number of pyridine rings is 1. The second-order valence-corrected chi connectivity index (χ2v) is 7.57. The minimum atomic E-state index is -4.65. The molecule has 9 heteroatoms. The summed E-state index contributed by atoms with van der Waals surface area (Å²) in [6.45, 7) is 2.46. The molecule has 0 fully saturated rings. The highest BCUT2D eigenvalue weighted by Crippen LogP contribution is 2.35. The Morgan fingerprint density at radius 1 is 1.16 bits per heavy atom. The number of alkyl halides is 3. The maximum Gasteiger partial charge on any atom is 0.425 e. The number of esters is 1. The molecular weight excluding hydrogens is 454 g/mol. The number of ether oxygens (including phenoxy) is 2. The molecule has 0 bridgehead atoms. The number of halogens is 5. The van der Waals surface area contributed by atoms with Crippen LogP contribution in [0, 0.1) is 0 Å². The van der Waals surface area contributed by atoms with E-state index in [0.29, 0.717) is 32.1 Å². The lowest BCUT2D eigenvalue weighted by atomic mass is 9.96. The number of benzene rings is 2. The molecule has 3 aromatic rings. The normalized spacial score (nSPS) is 12.6. The van der Waals surface area contributed by atoms with Crippen molar-refractivity contribution >= 4 is 40.1 Å². The minimum absolute atomic E-state index is 0.0201. The summed E-state index contributed by atoms with van der Waals surface area (Å²) < 4.78 is 49.8. The molecular formula is C22H18Cl2F3NO3. The molecule has 0 aliphatic carbocycles. The number of hydrogen-bond acceptors (Lipinski definition) is 4. The Balaban J connectivity index is 2.29. The number of aromatic nitrogens is 1. The first kappa shape index (κ1) is 23.2. The van der Waals surface area contributed by atoms with E-state index in [1.807, 2.05) is 0 Å². The fourth-order valence-electron chi connectivity index (χ4n) is 3.03. The third-order valence-corrected chi connectivity index (χ3v) is 5.18. The lowest BCUT2D eigenvalue weighted by Crippen LogP contribution is -2.32. The zero-order valence-electron chi connectivity index (χ0n) is 16.6. The van der Waals surface area contributed by atoms with Gasteiger partial charge in [-0.15, -0.1) is 0 Å². The van der Waals surface area contributed by atoms with E-state index in [0.717, 1.165) is 6.92 Å². The monoisotopic (exact) mass is 471 g/mol. The fourth-order valence-corrected chi connectivity index (χ4v) is 3.40. The number of nitrogens with zero attached hydrogens (tertiary/aromatic N) is 1. The smallest absolute Gasteiger partial charge is 0.425 e. The van der Waals surface area contributed by atoms with Crippen molar-refractivity contribution in [3.05, 3.63) is 69.2 Å². The van der Waals surface area contributed by atoms with Crippen molar-refractivity contribution in [2.75, 3.05) is 6.61 Å². The molecule has 0 aliphatic rings. The summed E-state index contributed by atoms with van der Waals surface area (Å²) in [4.78, 5) is 17.0. The zero-order valence-corrected chi connectivity index (χ0v) is 18.1. The number of carbonyl (C=O) groups excluding carboxylic acids is 1. The van der Waals surface area contributed by atoms with Gasteiger partial charge in [0.2, 0.25) is 5.88 Å². The van der Waals surface area contributed by atoms with Crippen LogP contribution in [-0.2, 0) is 11.2 Å². The molecule has 0 spiro atoms. The van der Waals surface area contributed by atoms with Crippen LogP contribution >= 0.6 is 23.2 Å². The molecule has 0 saturated carbocycles. The van der Waals surface area contributed by atoms with Crippen LogP contribution in [0.5, 0.6) is 5.88 Å². The van der Waals surface area contributed by atoms with Crippen LogP contribution in [0.25, 0.3) is 10.9 Å². The first-order chi connectivity index (χ1) is 14.6. The van der Waals surface area contributed by atoms with Crippen molar-refractivity contribution in [3.8, 4) is 5.88 Å². The first-order valence-corrected chi connectivity index (χ1v) is 10.1. The topological polar surface area (TPSA) is 48.4 Å². The first-order valence-electron chi connectivity index (χ1n) is 9.37. The van der Waals surface area contributed by atoms with Gasteiger partial charge in [-0.2, -0.15) is 13.2 Å². The van der Waals surface area contributed by atoms with Gasteiger partial charge in [0.1, 0.15) is 5.56 Å². The average molecular weight is 472 g/mol. The summed E-state index contributed by atoms with van der Waals surface area (Å²) in [7, 11) is 0. The van der Waals surface area contributed by atoms with Gasteiger partial charge in [0, 0.05) is 21.9 Å². The number of hydrogen-bond donors (Lipinski definition) is 0. The summed E-state index contributed by atoms with van der Waals surface area (Å²) in [5, 5.41) is 1.31. The van der Waals surface area contributed by atoms with E-state index in [4.69, 9.17) is 32.7 Å². The molecule has 1 heterocycles. The molecule has 3 rings (SSSR count). The van der Waals surface area contributed by atoms with E-state index >= 15 is 0 Å². The van der Waals surface area contributed by atoms with Gasteiger partial charge in [-0.25, -0.2) is 9.78 Å². The standard InChI is InChI=1S/C22H18Cl2F3NO3/c1-3-30-21(29)19-16(10-13-6-4-5-7-17(13)24)15-11-14(23)8-9-18(15)28-20(19)31-12(2)22(25,26)27/h4-9,11-12H,3,10H2,1-2H3. The Labute approximate surface area is 186 Å². The largest absolute Gasteiger partial charge is 0.464 e. The van der Waals surface area contributed by atoms with Gasteiger partial charge in [-0.05, 0) is 49.2 Å². The van der Waals surface area contributed by atoms with Crippen LogP contribution in [0.2, 0.25) is 10.0 Å². The second kappa shape index (κ2) is 9.32. The molecule has 164 valence electrons. The molecule has 31 heavy (non-hydrogen) atoms. The number of carbonyl (C=O) groups is 1. The number of fused-ring (bicyclic) bond motifs is 1. The molecule has 0 saturated heterocycles. The molecule has 1 aromatic heterocycles. The Hall–Kier alpha value is -2.51. The molecule has 4 nitrogen and oxygen atoms in total. The van der Waals surface area contributed by atoms with Gasteiger partial charge in [-0.3, -0.25) is 0 Å². The molecule has 0 radical (unpaired) electrons. The summed E-state index contributed by atoms with van der Waals surface area (Å²) in [6, 6.07) is 11.7. The summed E-state index contributed by atoms with van der Waals surface area (Å²) in [5.74, 6) is -1.30. The summed E-state index contributed by atoms with van der Waals surface area (Å²) in [5.41, 5.74) is 1.16. The maximum atomic E-state index is 13.2. The maximum absolute atomic E-state index is 13.2. The van der Waals surface area contributed by atoms with Crippen LogP contribution in [0.4, 0.5) is 13.2 Å². The highest BCUT2D eigenvalue weighted by Gasteiger charge is 2.39. The fraction of sp³-hybridized carbons (Fsp3) is 0.273. The van der Waals surface area contributed by atoms with Crippen molar-refractivity contribution < 1.29 is 27.4 Å². The van der Waals surface area contributed by atoms with Gasteiger partial charge in [0.25, 0.3) is 0 Å². The molecule has 0 aliphatic heterocycles. The lowest BCUT2D eigenvalue weighted by Gasteiger charge is -2.21. The quantitative estimate of drug-likeness (QED) is 0.378. The van der Waals surface area contributed by atoms with Crippen molar-refractivity contribution in [2.24, 2.45) is 0 Å². The van der Waals surface area contributed by atoms with Crippen LogP contribution in [0.3, 0.4) is 0 Å². The lowest BCUT2D eigenvalue weighted by molar-refractivity contribution is -0.190. The van der Waals surface area contributed by atoms with Crippen LogP contribution in [0.15, 0.2) is 42.5 Å². The molecule has 2 aromatic carbocycles. The highest BCUT2D eigenvalue weighted by atomic mass is 35.5. The van der Waals surface area contributed by atoms with Crippen molar-refractivity contribution in [1.82, 2.24) is 4.98 Å². The molecule has 1 atom stereocenters. The summed E-state index contributed by atoms with van der Waals surface area (Å²) in [6.07, 6.45) is -6.71. The Kier molecular flexibility index (Phi) is 6.96. The van der Waals surface area contributed by atoms with E-state index in [1.165, 1.54) is 0 Å². The van der Waals surface area contributed by atoms with Gasteiger partial charge < -0.3 is 9.47 Å². The predicted molar refractivity (Wildman–Crippen MR) is 113 cm³/mol. The molecule has 0 N–H and O–H groups in total. The van der Waals surface area contributed by atoms with E-state index < -0.39 is 24.1 Å². The van der Waals surface area contributed by atoms with Crippen LogP contribution in [-0.4, -0.2) is 29.8 Å². The number of rotatable bonds is 6. The van der Waals surface area contributed by atoms with E-state index in [1.54, 1.807) is 49.4 Å². The van der Waals surface area contributed by atoms with Crippen LogP contribution in [0.1, 0.15) is 35.3 Å². The average Bonchev–Trinajstić information content (AvgIpc) is 2.69. The third kappa shape index (κ3) is 5.22. The van der Waals surface area contributed by atoms with Crippen molar-refractivity contribution in [2.45, 2.75) is 32.5 Å². The van der Waals surface area contributed by atoms with Gasteiger partial charge in [0.05, 0.1) is 12.1 Å². The Morgan fingerprint density at radius 2 is 1.87 bits per heavy atom.